The van der Waals surface area contributed by atoms with Gasteiger partial charge in [-0.2, -0.15) is 9.97 Å². The molecule has 7 nitrogen and oxygen atoms in total. The maximum absolute atomic E-state index is 16.7. The topological polar surface area (TPSA) is 61.8 Å². The zero-order chi connectivity index (χ0) is 31.0. The van der Waals surface area contributed by atoms with Crippen molar-refractivity contribution in [1.29, 1.82) is 0 Å². The van der Waals surface area contributed by atoms with Crippen molar-refractivity contribution in [3.63, 3.8) is 0 Å². The van der Waals surface area contributed by atoms with E-state index in [1.807, 2.05) is 4.90 Å². The van der Waals surface area contributed by atoms with Crippen molar-refractivity contribution in [2.45, 2.75) is 49.5 Å². The number of halogens is 4. The Kier molecular flexibility index (Phi) is 6.73. The third-order valence-corrected chi connectivity index (χ3v) is 10.6. The Balaban J connectivity index is 1.23. The van der Waals surface area contributed by atoms with Crippen molar-refractivity contribution < 1.29 is 22.7 Å². The van der Waals surface area contributed by atoms with E-state index in [4.69, 9.17) is 21.3 Å². The molecule has 4 fully saturated rings. The molecule has 4 atom stereocenters. The van der Waals surface area contributed by atoms with Gasteiger partial charge in [0.15, 0.2) is 5.82 Å². The maximum Gasteiger partial charge on any atom is 0.319 e. The second-order valence-electron chi connectivity index (χ2n) is 12.6. The number of nitrogens with zero attached hydrogens (tertiary/aromatic N) is 5. The summed E-state index contributed by atoms with van der Waals surface area (Å²) in [5.41, 5.74) is 0.296. The number of fused-ring (bicyclic) bond motifs is 4. The minimum Gasteiger partial charge on any atom is -0.461 e. The number of likely N-dealkylation sites (tertiary alicyclic amines) is 1. The molecule has 0 bridgehead atoms. The summed E-state index contributed by atoms with van der Waals surface area (Å²) in [6, 6.07) is 11.6. The first kappa shape index (κ1) is 28.6. The molecular formula is C34H31ClF3N5O2. The molecular weight excluding hydrogens is 603 g/mol. The SMILES string of the molecule is C=CC(=O)N1CCC2[C@H]1CN2c1nc(OC[C@@]23CCCN2C[C@H](F)C3)nc2c(F)c(-c3cccc4ccc(F)c(Cl)c34)ccc12. The fraction of sp³-hybridized carbons (Fsp3) is 0.382. The molecule has 8 rings (SSSR count). The third kappa shape index (κ3) is 4.40. The van der Waals surface area contributed by atoms with Gasteiger partial charge in [-0.25, -0.2) is 13.2 Å². The lowest BCUT2D eigenvalue weighted by Crippen LogP contribution is -2.63. The minimum absolute atomic E-state index is 0.00707. The molecule has 4 aliphatic heterocycles. The maximum atomic E-state index is 16.7. The van der Waals surface area contributed by atoms with Crippen molar-refractivity contribution >= 4 is 45.0 Å². The van der Waals surface area contributed by atoms with Crippen LogP contribution in [0.15, 0.2) is 55.1 Å². The number of anilines is 1. The number of hydrogen-bond donors (Lipinski definition) is 0. The van der Waals surface area contributed by atoms with Gasteiger partial charge in [0.25, 0.3) is 0 Å². The quantitative estimate of drug-likeness (QED) is 0.232. The van der Waals surface area contributed by atoms with Crippen LogP contribution >= 0.6 is 11.6 Å². The zero-order valence-electron chi connectivity index (χ0n) is 24.5. The van der Waals surface area contributed by atoms with Gasteiger partial charge in [0, 0.05) is 42.4 Å². The van der Waals surface area contributed by atoms with Gasteiger partial charge < -0.3 is 14.5 Å². The molecule has 4 aliphatic rings. The fourth-order valence-corrected chi connectivity index (χ4v) is 8.33. The van der Waals surface area contributed by atoms with E-state index >= 15 is 4.39 Å². The van der Waals surface area contributed by atoms with Crippen molar-refractivity contribution in [3.8, 4) is 17.1 Å². The Hall–Kier alpha value is -3.89. The van der Waals surface area contributed by atoms with Crippen molar-refractivity contribution in [2.75, 3.05) is 37.7 Å². The lowest BCUT2D eigenvalue weighted by molar-refractivity contribution is -0.127. The van der Waals surface area contributed by atoms with E-state index in [2.05, 4.69) is 21.4 Å². The predicted molar refractivity (Wildman–Crippen MR) is 167 cm³/mol. The Morgan fingerprint density at radius 3 is 2.80 bits per heavy atom. The highest BCUT2D eigenvalue weighted by molar-refractivity contribution is 6.37. The van der Waals surface area contributed by atoms with Gasteiger partial charge in [-0.05, 0) is 55.0 Å². The van der Waals surface area contributed by atoms with E-state index in [9.17, 15) is 13.6 Å². The largest absolute Gasteiger partial charge is 0.461 e. The second kappa shape index (κ2) is 10.6. The van der Waals surface area contributed by atoms with Crippen LogP contribution in [0.2, 0.25) is 5.02 Å². The number of benzene rings is 3. The van der Waals surface area contributed by atoms with E-state index in [0.717, 1.165) is 25.8 Å². The minimum atomic E-state index is -0.916. The van der Waals surface area contributed by atoms with Crippen LogP contribution in [0.25, 0.3) is 32.8 Å². The van der Waals surface area contributed by atoms with E-state index in [1.165, 1.54) is 12.1 Å². The predicted octanol–water partition coefficient (Wildman–Crippen LogP) is 6.31. The zero-order valence-corrected chi connectivity index (χ0v) is 25.2. The van der Waals surface area contributed by atoms with Crippen molar-refractivity contribution in [2.24, 2.45) is 0 Å². The average molecular weight is 634 g/mol. The van der Waals surface area contributed by atoms with E-state index < -0.39 is 23.3 Å². The molecule has 0 N–H and O–H groups in total. The summed E-state index contributed by atoms with van der Waals surface area (Å²) < 4.78 is 52.0. The highest BCUT2D eigenvalue weighted by atomic mass is 35.5. The Morgan fingerprint density at radius 2 is 1.96 bits per heavy atom. The van der Waals surface area contributed by atoms with Crippen LogP contribution in [-0.4, -0.2) is 82.3 Å². The van der Waals surface area contributed by atoms with Crippen LogP contribution < -0.4 is 9.64 Å². The standard InChI is InChI=1S/C34H31ClF3N5O2/c1-2-27(44)42-14-11-25-26(42)17-43(25)32-23-9-8-22(21-6-3-5-19-7-10-24(37)29(35)28(19)21)30(38)31(23)39-33(40-32)45-18-34-12-4-13-41(34)16-20(36)15-34/h2-3,5-10,20,25-26H,1,4,11-18H2/t20-,25?,26-,34+/m1/s1. The van der Waals surface area contributed by atoms with Gasteiger partial charge in [-0.1, -0.05) is 48.5 Å². The second-order valence-corrected chi connectivity index (χ2v) is 13.0. The summed E-state index contributed by atoms with van der Waals surface area (Å²) >= 11 is 6.41. The molecule has 0 radical (unpaired) electrons. The molecule has 1 amide bonds. The third-order valence-electron chi connectivity index (χ3n) is 10.2. The molecule has 45 heavy (non-hydrogen) atoms. The summed E-state index contributed by atoms with van der Waals surface area (Å²) in [5, 5.41) is 1.51. The number of alkyl halides is 1. The van der Waals surface area contributed by atoms with Gasteiger partial charge >= 0.3 is 6.01 Å². The Bertz CT molecular complexity index is 1890. The first-order valence-corrected chi connectivity index (χ1v) is 15.7. The van der Waals surface area contributed by atoms with Gasteiger partial charge in [-0.3, -0.25) is 9.69 Å². The Labute approximate surface area is 263 Å². The molecule has 5 heterocycles. The van der Waals surface area contributed by atoms with Crippen LogP contribution in [0, 0.1) is 11.6 Å². The van der Waals surface area contributed by atoms with Crippen molar-refractivity contribution in [1.82, 2.24) is 19.8 Å². The van der Waals surface area contributed by atoms with Gasteiger partial charge in [-0.15, -0.1) is 0 Å². The average Bonchev–Trinajstić information content (AvgIpc) is 3.67. The van der Waals surface area contributed by atoms with Gasteiger partial charge in [0.05, 0.1) is 22.6 Å². The molecule has 3 aromatic carbocycles. The van der Waals surface area contributed by atoms with E-state index in [1.54, 1.807) is 36.4 Å². The summed E-state index contributed by atoms with van der Waals surface area (Å²) in [4.78, 5) is 27.8. The first-order chi connectivity index (χ1) is 21.8. The lowest BCUT2D eigenvalue weighted by Gasteiger charge is -2.47. The normalized spacial score (nSPS) is 25.9. The van der Waals surface area contributed by atoms with Crippen LogP contribution in [0.4, 0.5) is 19.0 Å². The highest BCUT2D eigenvalue weighted by Gasteiger charge is 2.51. The number of carbonyl (C=O) groups excluding carboxylic acids is 1. The van der Waals surface area contributed by atoms with Crippen LogP contribution in [-0.2, 0) is 4.79 Å². The monoisotopic (exact) mass is 633 g/mol. The van der Waals surface area contributed by atoms with Crippen LogP contribution in [0.1, 0.15) is 25.7 Å². The van der Waals surface area contributed by atoms with E-state index in [-0.39, 0.29) is 46.7 Å². The Morgan fingerprint density at radius 1 is 1.09 bits per heavy atom. The number of amides is 1. The fourth-order valence-electron chi connectivity index (χ4n) is 8.05. The van der Waals surface area contributed by atoms with Crippen LogP contribution in [0.3, 0.4) is 0 Å². The molecule has 232 valence electrons. The number of hydrogen-bond acceptors (Lipinski definition) is 6. The summed E-state index contributed by atoms with van der Waals surface area (Å²) in [7, 11) is 0. The molecule has 1 unspecified atom stereocenters. The number of aromatic nitrogens is 2. The molecule has 4 aromatic rings. The summed E-state index contributed by atoms with van der Waals surface area (Å²) in [6.07, 6.45) is 3.31. The molecule has 11 heteroatoms. The first-order valence-electron chi connectivity index (χ1n) is 15.4. The van der Waals surface area contributed by atoms with Gasteiger partial charge in [0.1, 0.15) is 29.9 Å². The molecule has 4 saturated heterocycles. The smallest absolute Gasteiger partial charge is 0.319 e. The van der Waals surface area contributed by atoms with E-state index in [0.29, 0.717) is 53.6 Å². The number of rotatable bonds is 6. The number of carbonyl (C=O) groups is 1. The molecule has 0 saturated carbocycles. The van der Waals surface area contributed by atoms with Crippen LogP contribution in [0.5, 0.6) is 6.01 Å². The summed E-state index contributed by atoms with van der Waals surface area (Å²) in [5.74, 6) is -0.783. The van der Waals surface area contributed by atoms with Gasteiger partial charge in [0.2, 0.25) is 5.91 Å². The highest BCUT2D eigenvalue weighted by Crippen LogP contribution is 2.44. The molecule has 1 aromatic heterocycles. The lowest BCUT2D eigenvalue weighted by atomic mass is 9.94. The summed E-state index contributed by atoms with van der Waals surface area (Å²) in [6.45, 7) is 6.16. The van der Waals surface area contributed by atoms with Crippen molar-refractivity contribution in [3.05, 3.63) is 71.8 Å². The molecule has 0 spiro atoms. The molecule has 0 aliphatic carbocycles. The number of ether oxygens (including phenoxy) is 1.